The van der Waals surface area contributed by atoms with E-state index in [-0.39, 0.29) is 0 Å². The molecule has 1 aromatic carbocycles. The van der Waals surface area contributed by atoms with Crippen LogP contribution in [0.3, 0.4) is 0 Å². The van der Waals surface area contributed by atoms with Gasteiger partial charge in [0.15, 0.2) is 0 Å². The van der Waals surface area contributed by atoms with Crippen LogP contribution in [0.4, 0.5) is 5.69 Å². The lowest BCUT2D eigenvalue weighted by Gasteiger charge is -2.14. The number of hydrogen-bond acceptors (Lipinski definition) is 3. The van der Waals surface area contributed by atoms with Crippen LogP contribution in [-0.4, -0.2) is 6.61 Å². The van der Waals surface area contributed by atoms with Crippen molar-refractivity contribution < 1.29 is 4.74 Å². The van der Waals surface area contributed by atoms with Crippen LogP contribution in [0.25, 0.3) is 0 Å². The molecule has 3 heteroatoms. The van der Waals surface area contributed by atoms with Gasteiger partial charge in [0.1, 0.15) is 5.75 Å². The predicted molar refractivity (Wildman–Crippen MR) is 65.1 cm³/mol. The topological polar surface area (TPSA) is 59.0 Å². The number of nitrogen functional groups attached to an aromatic ring is 1. The molecule has 0 amide bonds. The first-order valence-electron chi connectivity index (χ1n) is 5.63. The maximum Gasteiger partial charge on any atom is 0.142 e. The van der Waals surface area contributed by atoms with Crippen molar-refractivity contribution in [3.8, 4) is 11.8 Å². The normalized spacial score (nSPS) is 10.1. The van der Waals surface area contributed by atoms with Crippen LogP contribution < -0.4 is 10.5 Å². The first-order chi connectivity index (χ1) is 7.71. The van der Waals surface area contributed by atoms with Gasteiger partial charge >= 0.3 is 0 Å². The Morgan fingerprint density at radius 2 is 2.06 bits per heavy atom. The van der Waals surface area contributed by atoms with E-state index in [1.54, 1.807) is 18.2 Å². The SMILES string of the molecule is CCC(CC)COc1ccc(C#N)cc1N. The van der Waals surface area contributed by atoms with Crippen molar-refractivity contribution in [3.63, 3.8) is 0 Å². The van der Waals surface area contributed by atoms with Gasteiger partial charge in [-0.25, -0.2) is 0 Å². The van der Waals surface area contributed by atoms with Crippen molar-refractivity contribution in [2.75, 3.05) is 12.3 Å². The van der Waals surface area contributed by atoms with Crippen molar-refractivity contribution in [3.05, 3.63) is 23.8 Å². The molecular weight excluding hydrogens is 200 g/mol. The summed E-state index contributed by atoms with van der Waals surface area (Å²) in [6, 6.07) is 7.17. The highest BCUT2D eigenvalue weighted by atomic mass is 16.5. The fourth-order valence-corrected chi connectivity index (χ4v) is 1.48. The Bertz CT molecular complexity index is 378. The van der Waals surface area contributed by atoms with E-state index >= 15 is 0 Å². The molecule has 0 aromatic heterocycles. The van der Waals surface area contributed by atoms with Crippen molar-refractivity contribution in [2.24, 2.45) is 5.92 Å². The van der Waals surface area contributed by atoms with Gasteiger partial charge in [-0.3, -0.25) is 0 Å². The monoisotopic (exact) mass is 218 g/mol. The van der Waals surface area contributed by atoms with Crippen LogP contribution in [0.2, 0.25) is 0 Å². The number of nitriles is 1. The van der Waals surface area contributed by atoms with Gasteiger partial charge in [0.05, 0.1) is 23.9 Å². The minimum Gasteiger partial charge on any atom is -0.491 e. The Labute approximate surface area is 96.8 Å². The van der Waals surface area contributed by atoms with E-state index in [0.717, 1.165) is 12.8 Å². The van der Waals surface area contributed by atoms with E-state index in [4.69, 9.17) is 15.7 Å². The maximum absolute atomic E-state index is 8.70. The van der Waals surface area contributed by atoms with Crippen molar-refractivity contribution in [1.29, 1.82) is 5.26 Å². The third-order valence-corrected chi connectivity index (χ3v) is 2.77. The Hall–Kier alpha value is -1.69. The minimum absolute atomic E-state index is 0.532. The molecule has 0 fully saturated rings. The molecule has 1 aromatic rings. The summed E-state index contributed by atoms with van der Waals surface area (Å²) in [6.45, 7) is 4.99. The number of nitrogens with two attached hydrogens (primary N) is 1. The second-order valence-electron chi connectivity index (χ2n) is 3.86. The van der Waals surface area contributed by atoms with Crippen molar-refractivity contribution in [2.45, 2.75) is 26.7 Å². The number of rotatable bonds is 5. The first kappa shape index (κ1) is 12.4. The molecule has 0 bridgehead atoms. The second-order valence-corrected chi connectivity index (χ2v) is 3.86. The fourth-order valence-electron chi connectivity index (χ4n) is 1.48. The summed E-state index contributed by atoms with van der Waals surface area (Å²) in [4.78, 5) is 0. The zero-order chi connectivity index (χ0) is 12.0. The van der Waals surface area contributed by atoms with Crippen LogP contribution in [0.1, 0.15) is 32.3 Å². The van der Waals surface area contributed by atoms with E-state index in [1.165, 1.54) is 0 Å². The zero-order valence-corrected chi connectivity index (χ0v) is 9.86. The number of hydrogen-bond donors (Lipinski definition) is 1. The van der Waals surface area contributed by atoms with Crippen LogP contribution >= 0.6 is 0 Å². The van der Waals surface area contributed by atoms with Gasteiger partial charge < -0.3 is 10.5 Å². The smallest absolute Gasteiger partial charge is 0.142 e. The van der Waals surface area contributed by atoms with Gasteiger partial charge in [0, 0.05) is 0 Å². The van der Waals surface area contributed by atoms with Gasteiger partial charge in [-0.05, 0) is 24.1 Å². The van der Waals surface area contributed by atoms with Crippen LogP contribution in [-0.2, 0) is 0 Å². The summed E-state index contributed by atoms with van der Waals surface area (Å²) in [7, 11) is 0. The third-order valence-electron chi connectivity index (χ3n) is 2.77. The zero-order valence-electron chi connectivity index (χ0n) is 9.86. The molecule has 0 aliphatic heterocycles. The fraction of sp³-hybridized carbons (Fsp3) is 0.462. The summed E-state index contributed by atoms with van der Waals surface area (Å²) >= 11 is 0. The van der Waals surface area contributed by atoms with E-state index in [2.05, 4.69) is 13.8 Å². The van der Waals surface area contributed by atoms with Crippen LogP contribution in [0, 0.1) is 17.2 Å². The molecular formula is C13H18N2O. The Balaban J connectivity index is 2.65. The van der Waals surface area contributed by atoms with Gasteiger partial charge in [0.2, 0.25) is 0 Å². The molecule has 0 heterocycles. The van der Waals surface area contributed by atoms with E-state index in [9.17, 15) is 0 Å². The molecule has 0 aliphatic carbocycles. The van der Waals surface area contributed by atoms with Gasteiger partial charge in [-0.15, -0.1) is 0 Å². The number of benzene rings is 1. The lowest BCUT2D eigenvalue weighted by atomic mass is 10.1. The van der Waals surface area contributed by atoms with Crippen molar-refractivity contribution in [1.82, 2.24) is 0 Å². The minimum atomic E-state index is 0.532. The van der Waals surface area contributed by atoms with Gasteiger partial charge in [-0.1, -0.05) is 26.7 Å². The highest BCUT2D eigenvalue weighted by molar-refractivity contribution is 5.56. The van der Waals surface area contributed by atoms with Gasteiger partial charge in [-0.2, -0.15) is 5.26 Å². The predicted octanol–water partition coefficient (Wildman–Crippen LogP) is 2.96. The molecule has 1 rings (SSSR count). The lowest BCUT2D eigenvalue weighted by molar-refractivity contribution is 0.242. The molecule has 16 heavy (non-hydrogen) atoms. The van der Waals surface area contributed by atoms with Crippen LogP contribution in [0.5, 0.6) is 5.75 Å². The Kier molecular flexibility index (Phi) is 4.65. The summed E-state index contributed by atoms with van der Waals surface area (Å²) in [5.41, 5.74) is 6.88. The highest BCUT2D eigenvalue weighted by Gasteiger charge is 2.06. The highest BCUT2D eigenvalue weighted by Crippen LogP contribution is 2.23. The molecule has 0 spiro atoms. The van der Waals surface area contributed by atoms with E-state index in [0.29, 0.717) is 29.5 Å². The molecule has 0 radical (unpaired) electrons. The Morgan fingerprint density at radius 3 is 2.56 bits per heavy atom. The number of ether oxygens (including phenoxy) is 1. The summed E-state index contributed by atoms with van der Waals surface area (Å²) in [6.07, 6.45) is 2.21. The van der Waals surface area contributed by atoms with E-state index in [1.807, 2.05) is 6.07 Å². The number of anilines is 1. The average Bonchev–Trinajstić information content (AvgIpc) is 2.32. The standard InChI is InChI=1S/C13H18N2O/c1-3-10(4-2)9-16-13-6-5-11(8-14)7-12(13)15/h5-7,10H,3-4,9,15H2,1-2H3. The average molecular weight is 218 g/mol. The summed E-state index contributed by atoms with van der Waals surface area (Å²) < 4.78 is 5.65. The largest absolute Gasteiger partial charge is 0.491 e. The van der Waals surface area contributed by atoms with Crippen molar-refractivity contribution >= 4 is 5.69 Å². The molecule has 0 saturated carbocycles. The summed E-state index contributed by atoms with van der Waals surface area (Å²) in [5, 5.41) is 8.70. The van der Waals surface area contributed by atoms with E-state index < -0.39 is 0 Å². The number of nitrogens with zero attached hydrogens (tertiary/aromatic N) is 1. The molecule has 3 nitrogen and oxygen atoms in total. The molecule has 0 atom stereocenters. The maximum atomic E-state index is 8.70. The van der Waals surface area contributed by atoms with Gasteiger partial charge in [0.25, 0.3) is 0 Å². The molecule has 86 valence electrons. The quantitative estimate of drug-likeness (QED) is 0.773. The Morgan fingerprint density at radius 1 is 1.38 bits per heavy atom. The molecule has 0 unspecified atom stereocenters. The molecule has 0 aliphatic rings. The second kappa shape index (κ2) is 6.02. The summed E-state index contributed by atoms with van der Waals surface area (Å²) in [5.74, 6) is 1.24. The molecule has 0 saturated heterocycles. The molecule has 2 N–H and O–H groups in total. The first-order valence-corrected chi connectivity index (χ1v) is 5.63. The third kappa shape index (κ3) is 3.16. The lowest BCUT2D eigenvalue weighted by Crippen LogP contribution is -2.11. The van der Waals surface area contributed by atoms with Crippen LogP contribution in [0.15, 0.2) is 18.2 Å².